The van der Waals surface area contributed by atoms with Gasteiger partial charge in [-0.25, -0.2) is 29.3 Å². The van der Waals surface area contributed by atoms with Crippen LogP contribution in [0.5, 0.6) is 5.75 Å². The van der Waals surface area contributed by atoms with Crippen LogP contribution in [0.3, 0.4) is 0 Å². The molecule has 3 amide bonds. The minimum atomic E-state index is -4.98. The lowest BCUT2D eigenvalue weighted by Gasteiger charge is -2.32. The van der Waals surface area contributed by atoms with Crippen LogP contribution in [-0.2, 0) is 31.1 Å². The Labute approximate surface area is 325 Å². The SMILES string of the molecule is CN(C)C[C@@H](CCCOc1ccc(Cl)c(Cl)c1Cn1cnc2c(N(C(=O)OC(C)(C)C)C(=O)OC(C)(C)C)ncnc21)N(C(=O)OC(C)(C)C)S(=O)(=O)O. The minimum absolute atomic E-state index is 0.0129. The van der Waals surface area contributed by atoms with Gasteiger partial charge in [0.15, 0.2) is 17.0 Å². The number of ether oxygens (including phenoxy) is 4. The van der Waals surface area contributed by atoms with Crippen LogP contribution in [0.4, 0.5) is 20.2 Å². The fourth-order valence-corrected chi connectivity index (χ4v) is 6.15. The molecule has 3 aromatic rings. The zero-order valence-electron chi connectivity index (χ0n) is 32.3. The maximum Gasteiger partial charge on any atom is 0.426 e. The first-order chi connectivity index (χ1) is 24.7. The Morgan fingerprint density at radius 3 is 1.94 bits per heavy atom. The summed E-state index contributed by atoms with van der Waals surface area (Å²) in [4.78, 5) is 54.9. The van der Waals surface area contributed by atoms with E-state index in [1.165, 1.54) is 6.33 Å². The molecule has 2 aromatic heterocycles. The number of halogens is 2. The number of imidazole rings is 1. The molecule has 0 unspecified atom stereocenters. The number of fused-ring (bicyclic) bond motifs is 1. The van der Waals surface area contributed by atoms with E-state index in [9.17, 15) is 27.4 Å². The molecule has 20 heteroatoms. The maximum atomic E-state index is 13.3. The minimum Gasteiger partial charge on any atom is -0.493 e. The molecule has 3 rings (SSSR count). The number of benzene rings is 1. The molecule has 1 aromatic carbocycles. The Morgan fingerprint density at radius 1 is 0.870 bits per heavy atom. The molecule has 1 atom stereocenters. The monoisotopic (exact) mass is 817 g/mol. The second kappa shape index (κ2) is 17.2. The van der Waals surface area contributed by atoms with E-state index in [-0.39, 0.29) is 59.6 Å². The van der Waals surface area contributed by atoms with E-state index in [1.54, 1.807) is 98.0 Å². The van der Waals surface area contributed by atoms with Gasteiger partial charge in [0.05, 0.1) is 35.6 Å². The van der Waals surface area contributed by atoms with Crippen molar-refractivity contribution in [2.75, 3.05) is 32.1 Å². The number of imide groups is 1. The first-order valence-corrected chi connectivity index (χ1v) is 19.0. The van der Waals surface area contributed by atoms with Crippen molar-refractivity contribution < 1.29 is 46.3 Å². The lowest BCUT2D eigenvalue weighted by Crippen LogP contribution is -2.50. The molecule has 0 spiro atoms. The van der Waals surface area contributed by atoms with Crippen LogP contribution in [0.2, 0.25) is 10.0 Å². The standard InChI is InChI=1S/C34H49Cl2N7O10S/c1-32(2,3)51-29(44)42(30(45)52-33(4,5)6)28-26-27(37-19-38-28)41(20-39-26)18-22-24(15-14-23(35)25(22)36)50-16-12-13-21(17-40(10)11)43(54(47,48)49)31(46)53-34(7,8)9/h14-15,19-21H,12-13,16-18H2,1-11H3,(H,47,48,49)/t21-/m1/s1. The third kappa shape index (κ3) is 12.5. The molecule has 54 heavy (non-hydrogen) atoms. The molecule has 300 valence electrons. The predicted octanol–water partition coefficient (Wildman–Crippen LogP) is 6.99. The van der Waals surface area contributed by atoms with Gasteiger partial charge < -0.3 is 28.4 Å². The van der Waals surface area contributed by atoms with Gasteiger partial charge in [0, 0.05) is 12.1 Å². The number of rotatable bonds is 12. The average molecular weight is 819 g/mol. The van der Waals surface area contributed by atoms with Crippen molar-refractivity contribution in [3.05, 3.63) is 40.4 Å². The lowest BCUT2D eigenvalue weighted by atomic mass is 10.1. The topological polar surface area (TPSA) is 196 Å². The van der Waals surface area contributed by atoms with Crippen LogP contribution in [-0.4, -0.2) is 110 Å². The number of amides is 3. The van der Waals surface area contributed by atoms with Gasteiger partial charge in [-0.15, -0.1) is 0 Å². The number of nitrogens with zero attached hydrogens (tertiary/aromatic N) is 7. The summed E-state index contributed by atoms with van der Waals surface area (Å²) in [6.45, 7) is 14.8. The molecule has 0 bridgehead atoms. The van der Waals surface area contributed by atoms with Crippen molar-refractivity contribution in [1.29, 1.82) is 0 Å². The Bertz CT molecular complexity index is 1910. The summed E-state index contributed by atoms with van der Waals surface area (Å²) in [7, 11) is -1.59. The molecule has 0 aliphatic heterocycles. The summed E-state index contributed by atoms with van der Waals surface area (Å²) >= 11 is 13.1. The number of anilines is 1. The smallest absolute Gasteiger partial charge is 0.426 e. The summed E-state index contributed by atoms with van der Waals surface area (Å²) in [6.07, 6.45) is -0.347. The van der Waals surface area contributed by atoms with Gasteiger partial charge in [0.2, 0.25) is 0 Å². The zero-order chi connectivity index (χ0) is 41.0. The fourth-order valence-electron chi connectivity index (χ4n) is 4.98. The van der Waals surface area contributed by atoms with E-state index in [0.29, 0.717) is 20.5 Å². The van der Waals surface area contributed by atoms with Crippen molar-refractivity contribution in [3.63, 3.8) is 0 Å². The van der Waals surface area contributed by atoms with Crippen LogP contribution in [0, 0.1) is 0 Å². The highest BCUT2D eigenvalue weighted by Gasteiger charge is 2.38. The van der Waals surface area contributed by atoms with Crippen LogP contribution in [0.15, 0.2) is 24.8 Å². The van der Waals surface area contributed by atoms with Gasteiger partial charge >= 0.3 is 28.6 Å². The number of aromatic nitrogens is 4. The van der Waals surface area contributed by atoms with Gasteiger partial charge in [0.25, 0.3) is 0 Å². The Hall–Kier alpha value is -3.97. The molecule has 0 aliphatic rings. The van der Waals surface area contributed by atoms with Gasteiger partial charge in [-0.05, 0) is 101 Å². The number of hydrogen-bond donors (Lipinski definition) is 1. The van der Waals surface area contributed by atoms with Gasteiger partial charge in [-0.2, -0.15) is 17.6 Å². The Kier molecular flexibility index (Phi) is 14.2. The predicted molar refractivity (Wildman–Crippen MR) is 203 cm³/mol. The average Bonchev–Trinajstić information content (AvgIpc) is 3.38. The van der Waals surface area contributed by atoms with Crippen molar-refractivity contribution in [2.24, 2.45) is 0 Å². The molecular weight excluding hydrogens is 769 g/mol. The summed E-state index contributed by atoms with van der Waals surface area (Å²) in [5.74, 6) is 0.154. The summed E-state index contributed by atoms with van der Waals surface area (Å²) < 4.78 is 59.1. The van der Waals surface area contributed by atoms with E-state index in [0.717, 1.165) is 6.33 Å². The van der Waals surface area contributed by atoms with Crippen molar-refractivity contribution in [2.45, 2.75) is 105 Å². The first-order valence-electron chi connectivity index (χ1n) is 16.8. The molecule has 0 radical (unpaired) electrons. The van der Waals surface area contributed by atoms with Crippen molar-refractivity contribution in [3.8, 4) is 5.75 Å². The van der Waals surface area contributed by atoms with Gasteiger partial charge in [-0.1, -0.05) is 23.2 Å². The molecular formula is C34H49Cl2N7O10S. The number of likely N-dealkylation sites (N-methyl/N-ethyl adjacent to an activating group) is 1. The maximum absolute atomic E-state index is 13.3. The zero-order valence-corrected chi connectivity index (χ0v) is 34.7. The van der Waals surface area contributed by atoms with E-state index in [4.69, 9.17) is 42.1 Å². The summed E-state index contributed by atoms with van der Waals surface area (Å²) in [5, 5.41) is 0.398. The highest BCUT2D eigenvalue weighted by atomic mass is 35.5. The highest BCUT2D eigenvalue weighted by molar-refractivity contribution is 7.84. The fraction of sp³-hybridized carbons (Fsp3) is 0.588. The molecule has 1 N–H and O–H groups in total. The number of carbonyl (C=O) groups is 3. The normalized spacial score (nSPS) is 13.1. The van der Waals surface area contributed by atoms with E-state index in [1.807, 2.05) is 0 Å². The second-order valence-corrected chi connectivity index (χ2v) is 17.6. The Morgan fingerprint density at radius 2 is 1.43 bits per heavy atom. The molecule has 0 aliphatic carbocycles. The summed E-state index contributed by atoms with van der Waals surface area (Å²) in [6, 6.07) is 2.17. The quantitative estimate of drug-likeness (QED) is 0.112. The van der Waals surface area contributed by atoms with Gasteiger partial charge in [0.1, 0.15) is 28.9 Å². The highest BCUT2D eigenvalue weighted by Crippen LogP contribution is 2.35. The van der Waals surface area contributed by atoms with E-state index in [2.05, 4.69) is 15.0 Å². The van der Waals surface area contributed by atoms with Crippen LogP contribution >= 0.6 is 23.2 Å². The first kappa shape index (κ1) is 44.4. The lowest BCUT2D eigenvalue weighted by molar-refractivity contribution is 0.0294. The number of hydrogen-bond acceptors (Lipinski definition) is 13. The molecule has 17 nitrogen and oxygen atoms in total. The van der Waals surface area contributed by atoms with Crippen LogP contribution in [0.25, 0.3) is 11.2 Å². The molecule has 0 saturated heterocycles. The van der Waals surface area contributed by atoms with Crippen molar-refractivity contribution in [1.82, 2.24) is 28.7 Å². The van der Waals surface area contributed by atoms with Crippen LogP contribution < -0.4 is 9.64 Å². The van der Waals surface area contributed by atoms with Gasteiger partial charge in [-0.3, -0.25) is 4.55 Å². The van der Waals surface area contributed by atoms with Crippen LogP contribution in [0.1, 0.15) is 80.7 Å². The van der Waals surface area contributed by atoms with E-state index >= 15 is 0 Å². The second-order valence-electron chi connectivity index (χ2n) is 15.5. The third-order valence-electron chi connectivity index (χ3n) is 6.90. The third-order valence-corrected chi connectivity index (χ3v) is 8.68. The summed E-state index contributed by atoms with van der Waals surface area (Å²) in [5.41, 5.74) is -2.20. The van der Waals surface area contributed by atoms with E-state index < -0.39 is 51.4 Å². The number of carbonyl (C=O) groups excluding carboxylic acids is 3. The molecule has 0 saturated carbocycles. The van der Waals surface area contributed by atoms with Crippen molar-refractivity contribution >= 4 is 68.8 Å². The molecule has 0 fully saturated rings. The molecule has 2 heterocycles. The Balaban J connectivity index is 1.93. The largest absolute Gasteiger partial charge is 0.493 e.